The van der Waals surface area contributed by atoms with Crippen molar-refractivity contribution in [1.29, 1.82) is 5.41 Å². The lowest BCUT2D eigenvalue weighted by Crippen LogP contribution is -2.41. The summed E-state index contributed by atoms with van der Waals surface area (Å²) in [5, 5.41) is 12.2. The number of nitrogens with zero attached hydrogens (tertiary/aromatic N) is 4. The highest BCUT2D eigenvalue weighted by molar-refractivity contribution is 6.33. The van der Waals surface area contributed by atoms with Crippen molar-refractivity contribution in [3.8, 4) is 5.75 Å². The number of nitrogens with two attached hydrogens (primary N) is 1. The first-order chi connectivity index (χ1) is 20.2. The predicted molar refractivity (Wildman–Crippen MR) is 159 cm³/mol. The van der Waals surface area contributed by atoms with E-state index in [0.29, 0.717) is 24.4 Å². The highest BCUT2D eigenvalue weighted by Crippen LogP contribution is 2.29. The summed E-state index contributed by atoms with van der Waals surface area (Å²) < 4.78 is 40.0. The van der Waals surface area contributed by atoms with Gasteiger partial charge in [0.1, 0.15) is 23.8 Å². The molecule has 1 aliphatic rings. The van der Waals surface area contributed by atoms with E-state index in [0.717, 1.165) is 25.9 Å². The van der Waals surface area contributed by atoms with Crippen LogP contribution in [0, 0.1) is 17.0 Å². The molecule has 1 saturated heterocycles. The molecule has 2 unspecified atom stereocenters. The molecule has 0 radical (unpaired) electrons. The number of ether oxygens (including phenoxy) is 2. The minimum atomic E-state index is -1.26. The number of benzene rings is 2. The second-order valence-corrected chi connectivity index (χ2v) is 10.2. The fraction of sp³-hybridized carbons (Fsp3) is 0.345. The maximum Gasteiger partial charge on any atom is 0.201 e. The van der Waals surface area contributed by atoms with E-state index in [1.54, 1.807) is 18.2 Å². The van der Waals surface area contributed by atoms with Gasteiger partial charge in [0, 0.05) is 25.8 Å². The van der Waals surface area contributed by atoms with E-state index in [1.165, 1.54) is 25.6 Å². The average molecular weight is 600 g/mol. The smallest absolute Gasteiger partial charge is 0.201 e. The summed E-state index contributed by atoms with van der Waals surface area (Å²) in [6.45, 7) is 3.14. The van der Waals surface area contributed by atoms with Crippen molar-refractivity contribution in [3.63, 3.8) is 0 Å². The predicted octanol–water partition coefficient (Wildman–Crippen LogP) is 5.26. The lowest BCUT2D eigenvalue weighted by molar-refractivity contribution is 0.0998. The molecule has 13 heteroatoms. The topological polar surface area (TPSA) is 139 Å². The van der Waals surface area contributed by atoms with Crippen molar-refractivity contribution in [2.24, 2.45) is 4.99 Å². The summed E-state index contributed by atoms with van der Waals surface area (Å²) in [4.78, 5) is 26.8. The number of carbonyl (C=O) groups excluding carboxylic acids is 1. The molecule has 1 aromatic heterocycles. The van der Waals surface area contributed by atoms with Gasteiger partial charge in [0.05, 0.1) is 46.8 Å². The third-order valence-corrected chi connectivity index (χ3v) is 7.32. The van der Waals surface area contributed by atoms with Crippen molar-refractivity contribution < 1.29 is 23.0 Å². The molecular weight excluding hydrogens is 568 g/mol. The fourth-order valence-corrected chi connectivity index (χ4v) is 4.96. The van der Waals surface area contributed by atoms with Crippen LogP contribution in [0.15, 0.2) is 41.7 Å². The Labute approximate surface area is 247 Å². The number of likely N-dealkylation sites (N-methyl/N-ethyl adjacent to an activating group) is 1. The second-order valence-electron chi connectivity index (χ2n) is 9.77. The number of carbonyl (C=O) groups is 1. The molecule has 1 fully saturated rings. The summed E-state index contributed by atoms with van der Waals surface area (Å²) in [7, 11) is 3.08. The van der Waals surface area contributed by atoms with Gasteiger partial charge in [0.15, 0.2) is 17.9 Å². The molecule has 2 aromatic carbocycles. The van der Waals surface area contributed by atoms with Gasteiger partial charge in [-0.1, -0.05) is 17.7 Å². The molecule has 2 heterocycles. The molecule has 2 atom stereocenters. The number of rotatable bonds is 11. The van der Waals surface area contributed by atoms with Crippen LogP contribution in [-0.2, 0) is 4.74 Å². The summed E-state index contributed by atoms with van der Waals surface area (Å²) in [5.74, 6) is -2.26. The molecule has 42 heavy (non-hydrogen) atoms. The minimum Gasteiger partial charge on any atom is -0.494 e. The van der Waals surface area contributed by atoms with Crippen molar-refractivity contribution in [1.82, 2.24) is 14.9 Å². The Hall–Kier alpha value is -4.16. The average Bonchev–Trinajstić information content (AvgIpc) is 3.49. The van der Waals surface area contributed by atoms with Crippen molar-refractivity contribution in [2.45, 2.75) is 38.3 Å². The van der Waals surface area contributed by atoms with Gasteiger partial charge in [0.25, 0.3) is 0 Å². The molecule has 4 N–H and O–H groups in total. The Balaban J connectivity index is 1.71. The molecule has 3 aromatic rings. The van der Waals surface area contributed by atoms with Crippen molar-refractivity contribution in [3.05, 3.63) is 70.0 Å². The first-order valence-corrected chi connectivity index (χ1v) is 13.7. The number of nitrogen functional groups attached to an aromatic ring is 1. The molecule has 222 valence electrons. The number of nitrogens with one attached hydrogen (secondary N) is 2. The number of aliphatic imine (C=N–C) groups is 1. The quantitative estimate of drug-likeness (QED) is 0.154. The third kappa shape index (κ3) is 6.66. The Bertz CT molecular complexity index is 1500. The summed E-state index contributed by atoms with van der Waals surface area (Å²) in [5.41, 5.74) is 5.95. The Morgan fingerprint density at radius 3 is 2.81 bits per heavy atom. The van der Waals surface area contributed by atoms with Crippen LogP contribution in [0.2, 0.25) is 5.02 Å². The van der Waals surface area contributed by atoms with E-state index < -0.39 is 23.4 Å². The number of aldehydes is 1. The molecule has 0 amide bonds. The second kappa shape index (κ2) is 13.7. The minimum absolute atomic E-state index is 0.0227. The normalized spacial score (nSPS) is 15.8. The monoisotopic (exact) mass is 599 g/mol. The van der Waals surface area contributed by atoms with Crippen LogP contribution in [0.3, 0.4) is 0 Å². The molecule has 4 rings (SSSR count). The zero-order valence-corrected chi connectivity index (χ0v) is 24.2. The molecular formula is C29H32ClF2N7O3. The van der Waals surface area contributed by atoms with Gasteiger partial charge >= 0.3 is 0 Å². The number of hydrogen-bond acceptors (Lipinski definition) is 9. The van der Waals surface area contributed by atoms with Gasteiger partial charge in [-0.05, 0) is 50.5 Å². The van der Waals surface area contributed by atoms with Crippen molar-refractivity contribution in [2.75, 3.05) is 38.4 Å². The van der Waals surface area contributed by atoms with Gasteiger partial charge in [-0.25, -0.2) is 19.4 Å². The molecule has 10 nitrogen and oxygen atoms in total. The Kier molecular flexibility index (Phi) is 10.0. The van der Waals surface area contributed by atoms with Gasteiger partial charge in [-0.3, -0.25) is 10.2 Å². The molecule has 0 aliphatic carbocycles. The number of hydrogen-bond donors (Lipinski definition) is 3. The lowest BCUT2D eigenvalue weighted by atomic mass is 10.0. The van der Waals surface area contributed by atoms with Gasteiger partial charge in [0.2, 0.25) is 5.82 Å². The zero-order valence-electron chi connectivity index (χ0n) is 23.5. The number of halogens is 3. The van der Waals surface area contributed by atoms with Crippen LogP contribution in [0.1, 0.15) is 47.7 Å². The standard InChI is InChI=1S/C29H32ClF2N7O3/c1-16(29(39(2)12-11-17-6-5-13-42-17)38-21-8-4-7-20(30)19(21)14-40)37-28-23(27(34)35-15-36-28)26(33)18-9-10-22(41-3)25(32)24(18)31/h4,7-10,14-17,33H,5-6,11-13H2,1-3H3,(H3,34,35,36,37). The summed E-state index contributed by atoms with van der Waals surface area (Å²) in [6, 6.07) is 6.86. The maximum atomic E-state index is 14.9. The molecule has 0 bridgehead atoms. The number of amidine groups is 1. The van der Waals surface area contributed by atoms with Gasteiger partial charge < -0.3 is 25.4 Å². The van der Waals surface area contributed by atoms with Crippen LogP contribution in [0.4, 0.5) is 26.1 Å². The van der Waals surface area contributed by atoms with Crippen LogP contribution in [0.25, 0.3) is 0 Å². The summed E-state index contributed by atoms with van der Waals surface area (Å²) in [6.07, 6.45) is 4.74. The van der Waals surface area contributed by atoms with Crippen LogP contribution >= 0.6 is 11.6 Å². The third-order valence-electron chi connectivity index (χ3n) is 6.99. The van der Waals surface area contributed by atoms with E-state index >= 15 is 0 Å². The van der Waals surface area contributed by atoms with E-state index in [1.807, 2.05) is 18.9 Å². The Morgan fingerprint density at radius 2 is 2.12 bits per heavy atom. The zero-order chi connectivity index (χ0) is 30.4. The molecule has 1 aliphatic heterocycles. The summed E-state index contributed by atoms with van der Waals surface area (Å²) >= 11 is 6.26. The van der Waals surface area contributed by atoms with Gasteiger partial charge in [-0.15, -0.1) is 0 Å². The van der Waals surface area contributed by atoms with Gasteiger partial charge in [-0.2, -0.15) is 4.39 Å². The van der Waals surface area contributed by atoms with Crippen LogP contribution < -0.4 is 15.8 Å². The fourth-order valence-electron chi connectivity index (χ4n) is 4.74. The first-order valence-electron chi connectivity index (χ1n) is 13.3. The molecule has 0 spiro atoms. The number of methoxy groups -OCH3 is 1. The van der Waals surface area contributed by atoms with Crippen LogP contribution in [-0.4, -0.2) is 72.2 Å². The number of aromatic nitrogens is 2. The van der Waals surface area contributed by atoms with E-state index in [4.69, 9.17) is 37.2 Å². The molecule has 0 saturated carbocycles. The highest BCUT2D eigenvalue weighted by Gasteiger charge is 2.26. The highest BCUT2D eigenvalue weighted by atomic mass is 35.5. The Morgan fingerprint density at radius 1 is 1.33 bits per heavy atom. The van der Waals surface area contributed by atoms with E-state index in [9.17, 15) is 13.6 Å². The lowest BCUT2D eigenvalue weighted by Gasteiger charge is -2.28. The van der Waals surface area contributed by atoms with E-state index in [2.05, 4.69) is 15.3 Å². The SMILES string of the molecule is COc1ccc(C(=N)c2c(N)ncnc2NC(C)C(=Nc2cccc(Cl)c2C=O)N(C)CCC2CCCO2)c(F)c1F. The first kappa shape index (κ1) is 30.8. The number of anilines is 2. The van der Waals surface area contributed by atoms with Crippen molar-refractivity contribution >= 4 is 46.8 Å². The largest absolute Gasteiger partial charge is 0.494 e. The van der Waals surface area contributed by atoms with Crippen LogP contribution in [0.5, 0.6) is 5.75 Å². The maximum absolute atomic E-state index is 14.9. The van der Waals surface area contributed by atoms with E-state index in [-0.39, 0.29) is 45.2 Å².